The van der Waals surface area contributed by atoms with Crippen LogP contribution >= 0.6 is 0 Å². The van der Waals surface area contributed by atoms with Gasteiger partial charge < -0.3 is 20.1 Å². The average Bonchev–Trinajstić information content (AvgIpc) is 2.52. The van der Waals surface area contributed by atoms with Gasteiger partial charge in [0.05, 0.1) is 43.4 Å². The minimum Gasteiger partial charge on any atom is -0.394 e. The van der Waals surface area contributed by atoms with E-state index in [2.05, 4.69) is 22.1 Å². The van der Waals surface area contributed by atoms with Crippen LogP contribution in [-0.2, 0) is 11.3 Å². The van der Waals surface area contributed by atoms with E-state index in [4.69, 9.17) is 4.74 Å². The van der Waals surface area contributed by atoms with Crippen molar-refractivity contribution in [3.63, 3.8) is 0 Å². The Morgan fingerprint density at radius 3 is 2.91 bits per heavy atom. The van der Waals surface area contributed by atoms with E-state index >= 15 is 0 Å². The molecule has 2 rings (SSSR count). The molecule has 0 bridgehead atoms. The summed E-state index contributed by atoms with van der Waals surface area (Å²) in [4.78, 5) is 7.88. The fourth-order valence-corrected chi connectivity index (χ4v) is 2.92. The molecule has 1 saturated heterocycles. The lowest BCUT2D eigenvalue weighted by atomic mass is 9.96. The molecule has 1 aromatic rings. The topological polar surface area (TPSA) is 60.9 Å². The summed E-state index contributed by atoms with van der Waals surface area (Å²) in [6.07, 6.45) is 2.88. The minimum atomic E-state index is -0.487. The van der Waals surface area contributed by atoms with Gasteiger partial charge in [0.25, 0.3) is 0 Å². The lowest BCUT2D eigenvalue weighted by Gasteiger charge is -2.47. The summed E-state index contributed by atoms with van der Waals surface area (Å²) in [5.41, 5.74) is 0.835. The number of nitrogens with zero attached hydrogens (tertiary/aromatic N) is 3. The summed E-state index contributed by atoms with van der Waals surface area (Å²) in [6, 6.07) is 0.229. The van der Waals surface area contributed by atoms with Gasteiger partial charge in [-0.2, -0.15) is 0 Å². The first-order valence-corrected chi connectivity index (χ1v) is 7.83. The molecule has 0 unspecified atom stereocenters. The van der Waals surface area contributed by atoms with Crippen LogP contribution in [0.1, 0.15) is 12.5 Å². The van der Waals surface area contributed by atoms with Crippen molar-refractivity contribution in [1.29, 1.82) is 0 Å². The van der Waals surface area contributed by atoms with E-state index in [9.17, 15) is 9.50 Å². The van der Waals surface area contributed by atoms with E-state index in [0.29, 0.717) is 31.9 Å². The Morgan fingerprint density at radius 1 is 1.52 bits per heavy atom. The van der Waals surface area contributed by atoms with E-state index < -0.39 is 5.54 Å². The zero-order chi connectivity index (χ0) is 17.0. The molecule has 0 spiro atoms. The summed E-state index contributed by atoms with van der Waals surface area (Å²) >= 11 is 0. The van der Waals surface area contributed by atoms with Crippen molar-refractivity contribution in [2.75, 3.05) is 52.4 Å². The average molecular weight is 326 g/mol. The highest BCUT2D eigenvalue weighted by Gasteiger charge is 2.40. The molecule has 1 aliphatic heterocycles. The first-order chi connectivity index (χ1) is 10.9. The number of hydrogen-bond acceptors (Lipinski definition) is 6. The highest BCUT2D eigenvalue weighted by molar-refractivity contribution is 5.50. The van der Waals surface area contributed by atoms with Crippen LogP contribution in [0.2, 0.25) is 0 Å². The summed E-state index contributed by atoms with van der Waals surface area (Å²) < 4.78 is 19.7. The Labute approximate surface area is 137 Å². The van der Waals surface area contributed by atoms with E-state index in [1.54, 1.807) is 6.20 Å². The Kier molecular flexibility index (Phi) is 5.91. The van der Waals surface area contributed by atoms with Crippen molar-refractivity contribution in [3.05, 3.63) is 23.8 Å². The number of halogens is 1. The first kappa shape index (κ1) is 18.1. The Bertz CT molecular complexity index is 529. The van der Waals surface area contributed by atoms with E-state index in [-0.39, 0.29) is 18.5 Å². The summed E-state index contributed by atoms with van der Waals surface area (Å²) in [6.45, 7) is 4.04. The SMILES string of the molecule is C[C@@H]1COC[C@@](CO)(CNCc2c(F)cncc2N(C)C)N1C. The van der Waals surface area contributed by atoms with Gasteiger partial charge in [-0.3, -0.25) is 9.88 Å². The van der Waals surface area contributed by atoms with E-state index in [0.717, 1.165) is 5.69 Å². The third-order valence-electron chi connectivity index (χ3n) is 4.65. The van der Waals surface area contributed by atoms with E-state index in [1.165, 1.54) is 6.20 Å². The van der Waals surface area contributed by atoms with Crippen molar-refractivity contribution >= 4 is 5.69 Å². The van der Waals surface area contributed by atoms with Crippen LogP contribution in [0.25, 0.3) is 0 Å². The zero-order valence-electron chi connectivity index (χ0n) is 14.3. The Balaban J connectivity index is 2.07. The second-order valence-corrected chi connectivity index (χ2v) is 6.47. The second-order valence-electron chi connectivity index (χ2n) is 6.47. The monoisotopic (exact) mass is 326 g/mol. The van der Waals surface area contributed by atoms with Crippen molar-refractivity contribution in [3.8, 4) is 0 Å². The number of morpholine rings is 1. The molecule has 6 nitrogen and oxygen atoms in total. The number of aromatic nitrogens is 1. The van der Waals surface area contributed by atoms with E-state index in [1.807, 2.05) is 26.0 Å². The Morgan fingerprint density at radius 2 is 2.26 bits per heavy atom. The standard InChI is InChI=1S/C16H27FN4O2/c1-12-8-23-11-16(10-22,21(12)4)9-19-5-13-14(17)6-18-7-15(13)20(2)3/h6-7,12,19,22H,5,8-11H2,1-4H3/t12-,16+/m1/s1. The number of likely N-dealkylation sites (N-methyl/N-ethyl adjacent to an activating group) is 1. The van der Waals surface area contributed by atoms with Gasteiger partial charge in [0.15, 0.2) is 0 Å². The van der Waals surface area contributed by atoms with Crippen LogP contribution in [0.15, 0.2) is 12.4 Å². The summed E-state index contributed by atoms with van der Waals surface area (Å²) in [7, 11) is 5.71. The molecule has 1 fully saturated rings. The summed E-state index contributed by atoms with van der Waals surface area (Å²) in [5.74, 6) is -0.330. The van der Waals surface area contributed by atoms with Crippen LogP contribution in [0.3, 0.4) is 0 Å². The fraction of sp³-hybridized carbons (Fsp3) is 0.688. The molecule has 2 heterocycles. The molecule has 0 radical (unpaired) electrons. The van der Waals surface area contributed by atoms with Gasteiger partial charge in [0, 0.05) is 38.8 Å². The highest BCUT2D eigenvalue weighted by atomic mass is 19.1. The molecule has 0 aliphatic carbocycles. The van der Waals surface area contributed by atoms with Crippen LogP contribution < -0.4 is 10.2 Å². The van der Waals surface area contributed by atoms with Crippen molar-refractivity contribution in [2.45, 2.75) is 25.0 Å². The maximum absolute atomic E-state index is 14.1. The van der Waals surface area contributed by atoms with Gasteiger partial charge in [0.2, 0.25) is 0 Å². The van der Waals surface area contributed by atoms with Gasteiger partial charge in [-0.15, -0.1) is 0 Å². The second kappa shape index (κ2) is 7.53. The van der Waals surface area contributed by atoms with Gasteiger partial charge in [-0.05, 0) is 14.0 Å². The number of aliphatic hydroxyl groups excluding tert-OH is 1. The third kappa shape index (κ3) is 3.80. The van der Waals surface area contributed by atoms with Gasteiger partial charge in [0.1, 0.15) is 5.82 Å². The van der Waals surface area contributed by atoms with Crippen molar-refractivity contribution in [1.82, 2.24) is 15.2 Å². The predicted molar refractivity (Wildman–Crippen MR) is 88.1 cm³/mol. The fourth-order valence-electron chi connectivity index (χ4n) is 2.92. The van der Waals surface area contributed by atoms with Gasteiger partial charge in [-0.25, -0.2) is 4.39 Å². The maximum Gasteiger partial charge on any atom is 0.148 e. The molecule has 0 amide bonds. The number of ether oxygens (including phenoxy) is 1. The van der Waals surface area contributed by atoms with Crippen molar-refractivity contribution < 1.29 is 14.2 Å². The third-order valence-corrected chi connectivity index (χ3v) is 4.65. The molecule has 130 valence electrons. The molecule has 2 N–H and O–H groups in total. The number of hydrogen-bond donors (Lipinski definition) is 2. The van der Waals surface area contributed by atoms with Gasteiger partial charge in [-0.1, -0.05) is 0 Å². The molecule has 1 aliphatic rings. The Hall–Kier alpha value is -1.28. The number of anilines is 1. The van der Waals surface area contributed by atoms with Crippen LogP contribution in [-0.4, -0.2) is 74.1 Å². The molecule has 0 saturated carbocycles. The number of rotatable bonds is 6. The van der Waals surface area contributed by atoms with Crippen molar-refractivity contribution in [2.24, 2.45) is 0 Å². The predicted octanol–water partition coefficient (Wildman–Crippen LogP) is 0.458. The number of pyridine rings is 1. The smallest absolute Gasteiger partial charge is 0.148 e. The lowest BCUT2D eigenvalue weighted by molar-refractivity contribution is -0.106. The number of aliphatic hydroxyl groups is 1. The first-order valence-electron chi connectivity index (χ1n) is 7.83. The summed E-state index contributed by atoms with van der Waals surface area (Å²) in [5, 5.41) is 13.1. The van der Waals surface area contributed by atoms with Crippen LogP contribution in [0.5, 0.6) is 0 Å². The normalized spacial score (nSPS) is 25.6. The quantitative estimate of drug-likeness (QED) is 0.792. The van der Waals surface area contributed by atoms with Crippen LogP contribution in [0, 0.1) is 5.82 Å². The van der Waals surface area contributed by atoms with Gasteiger partial charge >= 0.3 is 0 Å². The van der Waals surface area contributed by atoms with Crippen LogP contribution in [0.4, 0.5) is 10.1 Å². The maximum atomic E-state index is 14.1. The molecule has 2 atom stereocenters. The molecular formula is C16H27FN4O2. The minimum absolute atomic E-state index is 0.0137. The molecule has 0 aromatic carbocycles. The largest absolute Gasteiger partial charge is 0.394 e. The highest BCUT2D eigenvalue weighted by Crippen LogP contribution is 2.23. The zero-order valence-corrected chi connectivity index (χ0v) is 14.3. The molecule has 23 heavy (non-hydrogen) atoms. The molecular weight excluding hydrogens is 299 g/mol. The number of nitrogens with one attached hydrogen (secondary N) is 1. The molecule has 1 aromatic heterocycles. The lowest BCUT2D eigenvalue weighted by Crippen LogP contribution is -2.65. The molecule has 7 heteroatoms.